The second kappa shape index (κ2) is 8.24. The molecular formula is C20H18ClN3O3S. The summed E-state index contributed by atoms with van der Waals surface area (Å²) < 4.78 is 4.84. The molecule has 0 saturated carbocycles. The van der Waals surface area contributed by atoms with E-state index in [2.05, 4.69) is 9.97 Å². The first-order valence-electron chi connectivity index (χ1n) is 9.04. The molecule has 5 rings (SSSR count). The number of thiophene rings is 1. The minimum atomic E-state index is -0.527. The standard InChI is InChI=1S/C14H12ClN3O3S.C6H6/c15-11-10-8-2-1-7(13(19)18-3-4-21-14(18)20)5-9(8)22-12(10)17-6-16-11;1-2-4-6-5-3-1/h6-7H,1-5H2;1-6H. The third-order valence-electron chi connectivity index (χ3n) is 4.84. The summed E-state index contributed by atoms with van der Waals surface area (Å²) in [5, 5.41) is 1.38. The fourth-order valence-electron chi connectivity index (χ4n) is 3.48. The minimum absolute atomic E-state index is 0.136. The Morgan fingerprint density at radius 1 is 1.18 bits per heavy atom. The molecule has 28 heavy (non-hydrogen) atoms. The van der Waals surface area contributed by atoms with Crippen molar-refractivity contribution in [3.8, 4) is 0 Å². The normalized spacial score (nSPS) is 18.2. The third-order valence-corrected chi connectivity index (χ3v) is 6.29. The van der Waals surface area contributed by atoms with Gasteiger partial charge >= 0.3 is 6.09 Å². The monoisotopic (exact) mass is 415 g/mol. The van der Waals surface area contributed by atoms with Gasteiger partial charge in [0, 0.05) is 10.8 Å². The molecule has 0 bridgehead atoms. The molecule has 1 aromatic carbocycles. The van der Waals surface area contributed by atoms with Crippen molar-refractivity contribution in [3.05, 3.63) is 58.3 Å². The van der Waals surface area contributed by atoms with Crippen molar-refractivity contribution in [3.63, 3.8) is 0 Å². The number of rotatable bonds is 1. The predicted molar refractivity (Wildman–Crippen MR) is 107 cm³/mol. The lowest BCUT2D eigenvalue weighted by Gasteiger charge is -2.24. The Morgan fingerprint density at radius 2 is 1.89 bits per heavy atom. The zero-order chi connectivity index (χ0) is 19.5. The average Bonchev–Trinajstić information content (AvgIpc) is 3.32. The molecule has 2 aromatic heterocycles. The van der Waals surface area contributed by atoms with Gasteiger partial charge in [-0.3, -0.25) is 4.79 Å². The van der Waals surface area contributed by atoms with Gasteiger partial charge in [0.1, 0.15) is 22.9 Å². The summed E-state index contributed by atoms with van der Waals surface area (Å²) in [6, 6.07) is 12.0. The summed E-state index contributed by atoms with van der Waals surface area (Å²) in [6.07, 6.45) is 3.00. The molecule has 1 saturated heterocycles. The molecule has 1 unspecified atom stereocenters. The van der Waals surface area contributed by atoms with E-state index in [1.54, 1.807) is 11.3 Å². The highest BCUT2D eigenvalue weighted by molar-refractivity contribution is 7.19. The minimum Gasteiger partial charge on any atom is -0.447 e. The van der Waals surface area contributed by atoms with Crippen LogP contribution in [0.25, 0.3) is 10.2 Å². The highest BCUT2D eigenvalue weighted by Crippen LogP contribution is 2.40. The van der Waals surface area contributed by atoms with E-state index in [9.17, 15) is 9.59 Å². The summed E-state index contributed by atoms with van der Waals surface area (Å²) in [4.78, 5) is 35.5. The Bertz CT molecular complexity index is 982. The maximum atomic E-state index is 12.5. The first kappa shape index (κ1) is 18.8. The van der Waals surface area contributed by atoms with Crippen molar-refractivity contribution in [1.82, 2.24) is 14.9 Å². The molecule has 0 spiro atoms. The molecule has 1 atom stereocenters. The number of ether oxygens (including phenoxy) is 1. The van der Waals surface area contributed by atoms with Crippen LogP contribution in [0.2, 0.25) is 5.15 Å². The molecule has 144 valence electrons. The topological polar surface area (TPSA) is 72.4 Å². The van der Waals surface area contributed by atoms with Crippen molar-refractivity contribution < 1.29 is 14.3 Å². The van der Waals surface area contributed by atoms with Crippen LogP contribution in [0.15, 0.2) is 42.7 Å². The largest absolute Gasteiger partial charge is 0.447 e. The SMILES string of the molecule is O=C1OCCN1C(=O)C1CCc2c(sc3ncnc(Cl)c23)C1.c1ccccc1. The van der Waals surface area contributed by atoms with E-state index in [1.165, 1.54) is 11.2 Å². The van der Waals surface area contributed by atoms with Gasteiger partial charge in [-0.1, -0.05) is 48.0 Å². The van der Waals surface area contributed by atoms with Crippen LogP contribution in [0.1, 0.15) is 16.9 Å². The van der Waals surface area contributed by atoms with E-state index in [1.807, 2.05) is 36.4 Å². The van der Waals surface area contributed by atoms with E-state index in [0.29, 0.717) is 24.5 Å². The van der Waals surface area contributed by atoms with Gasteiger partial charge in [0.15, 0.2) is 0 Å². The van der Waals surface area contributed by atoms with E-state index in [-0.39, 0.29) is 18.4 Å². The molecule has 1 aliphatic carbocycles. The molecule has 6 nitrogen and oxygen atoms in total. The fourth-order valence-corrected chi connectivity index (χ4v) is 5.05. The smallest absolute Gasteiger partial charge is 0.416 e. The van der Waals surface area contributed by atoms with Gasteiger partial charge in [-0.05, 0) is 24.8 Å². The number of aromatic nitrogens is 2. The Hall–Kier alpha value is -2.51. The highest BCUT2D eigenvalue weighted by atomic mass is 35.5. The number of benzene rings is 1. The lowest BCUT2D eigenvalue weighted by atomic mass is 9.87. The lowest BCUT2D eigenvalue weighted by molar-refractivity contribution is -0.132. The zero-order valence-electron chi connectivity index (χ0n) is 15.0. The molecule has 1 aliphatic heterocycles. The van der Waals surface area contributed by atoms with Crippen molar-refractivity contribution in [2.24, 2.45) is 5.92 Å². The van der Waals surface area contributed by atoms with Crippen LogP contribution >= 0.6 is 22.9 Å². The summed E-state index contributed by atoms with van der Waals surface area (Å²) in [7, 11) is 0. The summed E-state index contributed by atoms with van der Waals surface area (Å²) in [5.74, 6) is -0.319. The number of cyclic esters (lactones) is 1. The van der Waals surface area contributed by atoms with E-state index >= 15 is 0 Å². The first-order chi connectivity index (χ1) is 13.6. The number of nitrogens with zero attached hydrogens (tertiary/aromatic N) is 3. The number of hydrogen-bond donors (Lipinski definition) is 0. The summed E-state index contributed by atoms with van der Waals surface area (Å²) in [6.45, 7) is 0.640. The van der Waals surface area contributed by atoms with Crippen LogP contribution in [-0.2, 0) is 22.4 Å². The van der Waals surface area contributed by atoms with Gasteiger partial charge < -0.3 is 4.74 Å². The van der Waals surface area contributed by atoms with Crippen LogP contribution in [0.3, 0.4) is 0 Å². The molecule has 1 fully saturated rings. The number of fused-ring (bicyclic) bond motifs is 3. The zero-order valence-corrected chi connectivity index (χ0v) is 16.6. The highest BCUT2D eigenvalue weighted by Gasteiger charge is 2.36. The molecule has 3 aromatic rings. The van der Waals surface area contributed by atoms with Crippen LogP contribution in [0, 0.1) is 5.92 Å². The van der Waals surface area contributed by atoms with Crippen LogP contribution in [0.4, 0.5) is 4.79 Å². The Balaban J connectivity index is 0.000000275. The van der Waals surface area contributed by atoms with Crippen molar-refractivity contribution in [2.45, 2.75) is 19.3 Å². The van der Waals surface area contributed by atoms with E-state index < -0.39 is 6.09 Å². The Labute approximate surface area is 171 Å². The summed E-state index contributed by atoms with van der Waals surface area (Å²) >= 11 is 7.73. The van der Waals surface area contributed by atoms with Crippen molar-refractivity contribution >= 4 is 45.2 Å². The third kappa shape index (κ3) is 3.72. The number of hydrogen-bond acceptors (Lipinski definition) is 6. The quantitative estimate of drug-likeness (QED) is 0.559. The molecular weight excluding hydrogens is 398 g/mol. The number of imide groups is 1. The Morgan fingerprint density at radius 3 is 2.54 bits per heavy atom. The summed E-state index contributed by atoms with van der Waals surface area (Å²) in [5.41, 5.74) is 1.15. The van der Waals surface area contributed by atoms with Crippen molar-refractivity contribution in [1.29, 1.82) is 0 Å². The lowest BCUT2D eigenvalue weighted by Crippen LogP contribution is -2.38. The molecule has 8 heteroatoms. The second-order valence-electron chi connectivity index (χ2n) is 6.55. The van der Waals surface area contributed by atoms with Gasteiger partial charge in [-0.2, -0.15) is 0 Å². The maximum Gasteiger partial charge on any atom is 0.416 e. The van der Waals surface area contributed by atoms with Crippen LogP contribution < -0.4 is 0 Å². The van der Waals surface area contributed by atoms with Gasteiger partial charge in [0.2, 0.25) is 5.91 Å². The second-order valence-corrected chi connectivity index (χ2v) is 7.99. The predicted octanol–water partition coefficient (Wildman–Crippen LogP) is 4.12. The van der Waals surface area contributed by atoms with Crippen molar-refractivity contribution in [2.75, 3.05) is 13.2 Å². The van der Waals surface area contributed by atoms with Crippen LogP contribution in [0.5, 0.6) is 0 Å². The number of aryl methyl sites for hydroxylation is 1. The Kier molecular flexibility index (Phi) is 5.54. The fraction of sp³-hybridized carbons (Fsp3) is 0.300. The molecule has 0 radical (unpaired) electrons. The number of carbonyl (C=O) groups excluding carboxylic acids is 2. The number of amides is 2. The molecule has 2 aliphatic rings. The van der Waals surface area contributed by atoms with Gasteiger partial charge in [0.05, 0.1) is 11.9 Å². The molecule has 3 heterocycles. The molecule has 0 N–H and O–H groups in total. The molecule has 2 amide bonds. The van der Waals surface area contributed by atoms with Gasteiger partial charge in [-0.15, -0.1) is 11.3 Å². The van der Waals surface area contributed by atoms with E-state index in [0.717, 1.165) is 27.1 Å². The maximum absolute atomic E-state index is 12.5. The number of halogens is 1. The van der Waals surface area contributed by atoms with Gasteiger partial charge in [0.25, 0.3) is 0 Å². The average molecular weight is 416 g/mol. The van der Waals surface area contributed by atoms with Gasteiger partial charge in [-0.25, -0.2) is 19.7 Å². The van der Waals surface area contributed by atoms with Crippen LogP contribution in [-0.4, -0.2) is 40.0 Å². The number of carbonyl (C=O) groups is 2. The van der Waals surface area contributed by atoms with E-state index in [4.69, 9.17) is 16.3 Å². The first-order valence-corrected chi connectivity index (χ1v) is 10.2.